The maximum Gasteiger partial charge on any atom is 0.338 e. The summed E-state index contributed by atoms with van der Waals surface area (Å²) >= 11 is 0. The molecule has 2 saturated heterocycles. The van der Waals surface area contributed by atoms with Gasteiger partial charge in [0, 0.05) is 43.1 Å². The van der Waals surface area contributed by atoms with Gasteiger partial charge in [-0.3, -0.25) is 4.79 Å². The lowest BCUT2D eigenvalue weighted by Crippen LogP contribution is -2.37. The summed E-state index contributed by atoms with van der Waals surface area (Å²) in [5.74, 6) is 1.12. The lowest BCUT2D eigenvalue weighted by molar-refractivity contribution is 0.0600. The van der Waals surface area contributed by atoms with Crippen LogP contribution >= 0.6 is 0 Å². The molecule has 0 saturated carbocycles. The summed E-state index contributed by atoms with van der Waals surface area (Å²) < 4.78 is 15.3. The largest absolute Gasteiger partial charge is 0.465 e. The maximum atomic E-state index is 11.7. The van der Waals surface area contributed by atoms with Crippen LogP contribution in [0.5, 0.6) is 0 Å². The van der Waals surface area contributed by atoms with Crippen LogP contribution in [-0.2, 0) is 14.2 Å². The third-order valence-electron chi connectivity index (χ3n) is 5.53. The highest BCUT2D eigenvalue weighted by Gasteiger charge is 2.17. The number of aryl methyl sites for hydroxylation is 2. The second-order valence-corrected chi connectivity index (χ2v) is 8.16. The third kappa shape index (κ3) is 7.47. The highest BCUT2D eigenvalue weighted by Crippen LogP contribution is 2.18. The first-order valence-electron chi connectivity index (χ1n) is 11.5. The summed E-state index contributed by atoms with van der Waals surface area (Å²) in [6, 6.07) is 8.87. The number of methoxy groups -OCH3 is 1. The number of rotatable bonds is 5. The maximum absolute atomic E-state index is 11.7. The van der Waals surface area contributed by atoms with Gasteiger partial charge in [-0.25, -0.2) is 14.8 Å². The molecule has 2 aromatic rings. The van der Waals surface area contributed by atoms with Crippen molar-refractivity contribution in [2.45, 2.75) is 20.3 Å². The smallest absolute Gasteiger partial charge is 0.338 e. The number of pyridine rings is 2. The average Bonchev–Trinajstić information content (AvgIpc) is 2.89. The number of carbonyl (C=O) groups is 2. The number of morpholine rings is 2. The fourth-order valence-corrected chi connectivity index (χ4v) is 3.78. The standard InChI is InChI=1S/C13H15N3O2.C12H16N2O3/c1-10-8-11(12(17)2-3-14)9-13(15-10)16-4-6-18-7-5-16;1-9-7-10(12(15)16-2)8-11(13-9)14-3-5-17-6-4-14/h8-9H,2,4-7H2,1H3;7-8H,3-6H2,1-2H3. The van der Waals surface area contributed by atoms with E-state index < -0.39 is 0 Å². The first-order chi connectivity index (χ1) is 16.9. The minimum atomic E-state index is -0.329. The molecule has 10 nitrogen and oxygen atoms in total. The molecule has 0 aliphatic carbocycles. The minimum Gasteiger partial charge on any atom is -0.465 e. The molecule has 2 aliphatic heterocycles. The Bertz CT molecular complexity index is 1070. The quantitative estimate of drug-likeness (QED) is 0.465. The minimum absolute atomic E-state index is 0.0913. The van der Waals surface area contributed by atoms with Crippen molar-refractivity contribution in [1.29, 1.82) is 5.26 Å². The fraction of sp³-hybridized carbons (Fsp3) is 0.480. The van der Waals surface area contributed by atoms with Gasteiger partial charge < -0.3 is 24.0 Å². The molecule has 186 valence electrons. The Kier molecular flexibility index (Phi) is 9.52. The Hall–Kier alpha value is -3.55. The molecule has 0 spiro atoms. The zero-order valence-electron chi connectivity index (χ0n) is 20.5. The number of carbonyl (C=O) groups excluding carboxylic acids is 2. The summed E-state index contributed by atoms with van der Waals surface area (Å²) in [4.78, 5) is 36.3. The zero-order chi connectivity index (χ0) is 25.2. The Labute approximate surface area is 205 Å². The predicted molar refractivity (Wildman–Crippen MR) is 130 cm³/mol. The van der Waals surface area contributed by atoms with Gasteiger partial charge in [-0.2, -0.15) is 5.26 Å². The van der Waals surface area contributed by atoms with Crippen LogP contribution < -0.4 is 9.80 Å². The van der Waals surface area contributed by atoms with Gasteiger partial charge in [-0.05, 0) is 38.1 Å². The predicted octanol–water partition coefficient (Wildman–Crippen LogP) is 2.34. The van der Waals surface area contributed by atoms with Crippen molar-refractivity contribution < 1.29 is 23.8 Å². The van der Waals surface area contributed by atoms with Gasteiger partial charge >= 0.3 is 5.97 Å². The molecule has 0 radical (unpaired) electrons. The van der Waals surface area contributed by atoms with Gasteiger partial charge in [-0.1, -0.05) is 0 Å². The normalized spacial score (nSPS) is 15.5. The van der Waals surface area contributed by atoms with Crippen molar-refractivity contribution in [1.82, 2.24) is 9.97 Å². The zero-order valence-corrected chi connectivity index (χ0v) is 20.5. The van der Waals surface area contributed by atoms with E-state index in [4.69, 9.17) is 19.5 Å². The van der Waals surface area contributed by atoms with E-state index >= 15 is 0 Å². The van der Waals surface area contributed by atoms with E-state index in [-0.39, 0.29) is 18.2 Å². The van der Waals surface area contributed by atoms with E-state index in [1.807, 2.05) is 19.9 Å². The number of anilines is 2. The van der Waals surface area contributed by atoms with Gasteiger partial charge in [0.25, 0.3) is 0 Å². The lowest BCUT2D eigenvalue weighted by atomic mass is 10.1. The third-order valence-corrected chi connectivity index (χ3v) is 5.53. The van der Waals surface area contributed by atoms with Gasteiger partial charge in [-0.15, -0.1) is 0 Å². The SMILES string of the molecule is COC(=O)c1cc(C)nc(N2CCOCC2)c1.Cc1cc(C(=O)CC#N)cc(N2CCOCC2)n1. The molecule has 2 aromatic heterocycles. The Morgan fingerprint density at radius 2 is 1.34 bits per heavy atom. The van der Waals surface area contributed by atoms with Gasteiger partial charge in [0.15, 0.2) is 5.78 Å². The molecule has 2 fully saturated rings. The first-order valence-corrected chi connectivity index (χ1v) is 11.5. The Balaban J connectivity index is 0.000000196. The number of aromatic nitrogens is 2. The summed E-state index contributed by atoms with van der Waals surface area (Å²) in [6.45, 7) is 9.64. The van der Waals surface area contributed by atoms with Crippen LogP contribution in [0.2, 0.25) is 0 Å². The topological polar surface area (TPSA) is 118 Å². The monoisotopic (exact) mass is 481 g/mol. The van der Waals surface area contributed by atoms with Crippen LogP contribution in [0.15, 0.2) is 24.3 Å². The number of hydrogen-bond acceptors (Lipinski definition) is 10. The highest BCUT2D eigenvalue weighted by molar-refractivity contribution is 5.98. The van der Waals surface area contributed by atoms with Gasteiger partial charge in [0.2, 0.25) is 0 Å². The van der Waals surface area contributed by atoms with Crippen molar-refractivity contribution in [2.75, 3.05) is 69.5 Å². The van der Waals surface area contributed by atoms with Crippen LogP contribution in [0.4, 0.5) is 11.6 Å². The second-order valence-electron chi connectivity index (χ2n) is 8.16. The summed E-state index contributed by atoms with van der Waals surface area (Å²) in [5.41, 5.74) is 2.71. The van der Waals surface area contributed by atoms with Crippen molar-refractivity contribution in [3.63, 3.8) is 0 Å². The lowest BCUT2D eigenvalue weighted by Gasteiger charge is -2.28. The van der Waals surface area contributed by atoms with Crippen molar-refractivity contribution >= 4 is 23.4 Å². The molecule has 10 heteroatoms. The molecule has 0 unspecified atom stereocenters. The van der Waals surface area contributed by atoms with Crippen LogP contribution in [0, 0.1) is 25.2 Å². The number of esters is 1. The number of ether oxygens (including phenoxy) is 3. The molecule has 0 bridgehead atoms. The number of nitrogens with zero attached hydrogens (tertiary/aromatic N) is 5. The summed E-state index contributed by atoms with van der Waals surface area (Å²) in [7, 11) is 1.38. The molecule has 4 heterocycles. The van der Waals surface area contributed by atoms with E-state index in [1.165, 1.54) is 7.11 Å². The fourth-order valence-electron chi connectivity index (χ4n) is 3.78. The van der Waals surface area contributed by atoms with E-state index in [2.05, 4.69) is 19.8 Å². The van der Waals surface area contributed by atoms with E-state index in [0.717, 1.165) is 49.2 Å². The summed E-state index contributed by atoms with van der Waals surface area (Å²) in [5, 5.41) is 8.57. The first kappa shape index (κ1) is 26.1. The number of Topliss-reactive ketones (excluding diaryl/α,β-unsaturated/α-hetero) is 1. The van der Waals surface area contributed by atoms with Crippen LogP contribution in [0.3, 0.4) is 0 Å². The van der Waals surface area contributed by atoms with Crippen LogP contribution in [-0.4, -0.2) is 81.4 Å². The average molecular weight is 482 g/mol. The molecule has 0 atom stereocenters. The highest BCUT2D eigenvalue weighted by atomic mass is 16.5. The van der Waals surface area contributed by atoms with Crippen molar-refractivity contribution in [3.8, 4) is 6.07 Å². The molecule has 0 amide bonds. The number of ketones is 1. The van der Waals surface area contributed by atoms with Crippen molar-refractivity contribution in [3.05, 3.63) is 46.8 Å². The van der Waals surface area contributed by atoms with Gasteiger partial charge in [0.05, 0.1) is 51.6 Å². The number of hydrogen-bond donors (Lipinski definition) is 0. The van der Waals surface area contributed by atoms with Crippen LogP contribution in [0.25, 0.3) is 0 Å². The number of nitriles is 1. The van der Waals surface area contributed by atoms with E-state index in [9.17, 15) is 9.59 Å². The Morgan fingerprint density at radius 1 is 0.886 bits per heavy atom. The van der Waals surface area contributed by atoms with E-state index in [0.29, 0.717) is 37.6 Å². The molecule has 0 aromatic carbocycles. The molecule has 35 heavy (non-hydrogen) atoms. The molecular formula is C25H31N5O5. The Morgan fingerprint density at radius 3 is 1.80 bits per heavy atom. The molecule has 2 aliphatic rings. The molecular weight excluding hydrogens is 450 g/mol. The van der Waals surface area contributed by atoms with Crippen LogP contribution in [0.1, 0.15) is 38.5 Å². The molecule has 4 rings (SSSR count). The summed E-state index contributed by atoms with van der Waals surface area (Å²) in [6.07, 6.45) is -0.0913. The molecule has 0 N–H and O–H groups in total. The van der Waals surface area contributed by atoms with Crippen molar-refractivity contribution in [2.24, 2.45) is 0 Å². The van der Waals surface area contributed by atoms with Gasteiger partial charge in [0.1, 0.15) is 11.6 Å². The van der Waals surface area contributed by atoms with E-state index in [1.54, 1.807) is 24.3 Å². The second kappa shape index (κ2) is 12.8.